The number of ether oxygens (including phenoxy) is 1. The predicted molar refractivity (Wildman–Crippen MR) is 102 cm³/mol. The highest BCUT2D eigenvalue weighted by atomic mass is 16.5. The molecule has 2 aromatic rings. The third-order valence-corrected chi connectivity index (χ3v) is 4.24. The zero-order chi connectivity index (χ0) is 17.6. The molecular formula is C21H26N2O2. The molecule has 0 unspecified atom stereocenters. The Morgan fingerprint density at radius 2 is 2.04 bits per heavy atom. The molecule has 1 N–H and O–H groups in total. The average molecular weight is 338 g/mol. The van der Waals surface area contributed by atoms with Gasteiger partial charge in [-0.05, 0) is 42.5 Å². The van der Waals surface area contributed by atoms with Crippen LogP contribution in [0.1, 0.15) is 25.8 Å². The summed E-state index contributed by atoms with van der Waals surface area (Å²) in [5.41, 5.74) is 3.28. The molecular weight excluding hydrogens is 312 g/mol. The highest BCUT2D eigenvalue weighted by Crippen LogP contribution is 2.26. The van der Waals surface area contributed by atoms with Gasteiger partial charge in [-0.1, -0.05) is 38.1 Å². The van der Waals surface area contributed by atoms with Crippen molar-refractivity contribution in [3.8, 4) is 5.75 Å². The first-order chi connectivity index (χ1) is 12.1. The lowest BCUT2D eigenvalue weighted by molar-refractivity contribution is -0.115. The average Bonchev–Trinajstić information content (AvgIpc) is 2.60. The Kier molecular flexibility index (Phi) is 5.59. The fourth-order valence-electron chi connectivity index (χ4n) is 3.08. The van der Waals surface area contributed by atoms with Gasteiger partial charge in [0, 0.05) is 24.0 Å². The molecule has 4 heteroatoms. The molecule has 4 nitrogen and oxygen atoms in total. The Morgan fingerprint density at radius 1 is 1.20 bits per heavy atom. The van der Waals surface area contributed by atoms with Gasteiger partial charge < -0.3 is 15.0 Å². The zero-order valence-electron chi connectivity index (χ0n) is 15.0. The number of anilines is 2. The summed E-state index contributed by atoms with van der Waals surface area (Å²) in [6.45, 7) is 6.18. The molecule has 0 spiro atoms. The molecule has 0 fully saturated rings. The van der Waals surface area contributed by atoms with Gasteiger partial charge in [-0.25, -0.2) is 0 Å². The summed E-state index contributed by atoms with van der Waals surface area (Å²) >= 11 is 0. The molecule has 1 amide bonds. The van der Waals surface area contributed by atoms with E-state index in [9.17, 15) is 4.79 Å². The SMILES string of the molecule is CC(C)COc1cccc(NC(=O)CN2CCCc3ccccc32)c1. The van der Waals surface area contributed by atoms with Crippen molar-refractivity contribution in [1.82, 2.24) is 0 Å². The predicted octanol–water partition coefficient (Wildman–Crippen LogP) is 4.11. The topological polar surface area (TPSA) is 41.6 Å². The van der Waals surface area contributed by atoms with Crippen molar-refractivity contribution >= 4 is 17.3 Å². The quantitative estimate of drug-likeness (QED) is 0.862. The van der Waals surface area contributed by atoms with E-state index in [1.807, 2.05) is 30.3 Å². The Morgan fingerprint density at radius 3 is 2.88 bits per heavy atom. The fourth-order valence-corrected chi connectivity index (χ4v) is 3.08. The number of benzene rings is 2. The molecule has 1 aliphatic rings. The normalized spacial score (nSPS) is 13.5. The van der Waals surface area contributed by atoms with Gasteiger partial charge in [-0.3, -0.25) is 4.79 Å². The Labute approximate surface area is 149 Å². The van der Waals surface area contributed by atoms with Crippen LogP contribution >= 0.6 is 0 Å². The van der Waals surface area contributed by atoms with Crippen molar-refractivity contribution in [2.45, 2.75) is 26.7 Å². The van der Waals surface area contributed by atoms with E-state index in [-0.39, 0.29) is 5.91 Å². The Balaban J connectivity index is 1.61. The van der Waals surface area contributed by atoms with Crippen molar-refractivity contribution in [3.05, 3.63) is 54.1 Å². The number of nitrogens with one attached hydrogen (secondary N) is 1. The molecule has 1 heterocycles. The maximum Gasteiger partial charge on any atom is 0.243 e. The van der Waals surface area contributed by atoms with Gasteiger partial charge in [-0.15, -0.1) is 0 Å². The Bertz CT molecular complexity index is 727. The number of aryl methyl sites for hydroxylation is 1. The summed E-state index contributed by atoms with van der Waals surface area (Å²) in [4.78, 5) is 14.6. The summed E-state index contributed by atoms with van der Waals surface area (Å²) in [6, 6.07) is 15.9. The van der Waals surface area contributed by atoms with Crippen LogP contribution < -0.4 is 15.0 Å². The molecule has 1 aliphatic heterocycles. The van der Waals surface area contributed by atoms with Gasteiger partial charge in [0.2, 0.25) is 5.91 Å². The van der Waals surface area contributed by atoms with E-state index >= 15 is 0 Å². The van der Waals surface area contributed by atoms with E-state index in [2.05, 4.69) is 42.3 Å². The van der Waals surface area contributed by atoms with E-state index in [4.69, 9.17) is 4.74 Å². The van der Waals surface area contributed by atoms with Crippen LogP contribution in [0.15, 0.2) is 48.5 Å². The minimum Gasteiger partial charge on any atom is -0.493 e. The summed E-state index contributed by atoms with van der Waals surface area (Å²) in [6.07, 6.45) is 2.17. The highest BCUT2D eigenvalue weighted by molar-refractivity contribution is 5.94. The van der Waals surface area contributed by atoms with Gasteiger partial charge in [0.05, 0.1) is 13.2 Å². The third-order valence-electron chi connectivity index (χ3n) is 4.24. The number of carbonyl (C=O) groups is 1. The summed E-state index contributed by atoms with van der Waals surface area (Å²) in [5, 5.41) is 2.99. The van der Waals surface area contributed by atoms with Crippen LogP contribution in [0.3, 0.4) is 0 Å². The smallest absolute Gasteiger partial charge is 0.243 e. The minimum atomic E-state index is -0.00212. The number of hydrogen-bond acceptors (Lipinski definition) is 3. The minimum absolute atomic E-state index is 0.00212. The molecule has 0 saturated heterocycles. The van der Waals surface area contributed by atoms with Crippen molar-refractivity contribution in [1.29, 1.82) is 0 Å². The van der Waals surface area contributed by atoms with Crippen LogP contribution in [-0.4, -0.2) is 25.6 Å². The lowest BCUT2D eigenvalue weighted by Gasteiger charge is -2.30. The summed E-state index contributed by atoms with van der Waals surface area (Å²) in [5.74, 6) is 1.25. The number of carbonyl (C=O) groups excluding carboxylic acids is 1. The second kappa shape index (κ2) is 8.06. The largest absolute Gasteiger partial charge is 0.493 e. The van der Waals surface area contributed by atoms with Gasteiger partial charge in [0.15, 0.2) is 0 Å². The van der Waals surface area contributed by atoms with Gasteiger partial charge >= 0.3 is 0 Å². The maximum absolute atomic E-state index is 12.5. The van der Waals surface area contributed by atoms with Crippen LogP contribution in [0.5, 0.6) is 5.75 Å². The number of para-hydroxylation sites is 1. The first-order valence-corrected chi connectivity index (χ1v) is 8.97. The lowest BCUT2D eigenvalue weighted by Crippen LogP contribution is -2.36. The number of nitrogens with zero attached hydrogens (tertiary/aromatic N) is 1. The third kappa shape index (κ3) is 4.75. The van der Waals surface area contributed by atoms with Gasteiger partial charge in [0.1, 0.15) is 5.75 Å². The zero-order valence-corrected chi connectivity index (χ0v) is 15.0. The van der Waals surface area contributed by atoms with Gasteiger partial charge in [0.25, 0.3) is 0 Å². The van der Waals surface area contributed by atoms with E-state index in [0.717, 1.165) is 30.8 Å². The van der Waals surface area contributed by atoms with Crippen LogP contribution in [0.25, 0.3) is 0 Å². The first-order valence-electron chi connectivity index (χ1n) is 8.97. The van der Waals surface area contributed by atoms with Crippen LogP contribution in [0, 0.1) is 5.92 Å². The molecule has 0 aromatic heterocycles. The van der Waals surface area contributed by atoms with Gasteiger partial charge in [-0.2, -0.15) is 0 Å². The molecule has 0 saturated carbocycles. The molecule has 3 rings (SSSR count). The van der Waals surface area contributed by atoms with Crippen molar-refractivity contribution in [2.24, 2.45) is 5.92 Å². The number of hydrogen-bond donors (Lipinski definition) is 1. The van der Waals surface area contributed by atoms with Crippen molar-refractivity contribution in [3.63, 3.8) is 0 Å². The molecule has 0 radical (unpaired) electrons. The van der Waals surface area contributed by atoms with Crippen LogP contribution in [-0.2, 0) is 11.2 Å². The van der Waals surface area contributed by atoms with Crippen LogP contribution in [0.4, 0.5) is 11.4 Å². The molecule has 0 bridgehead atoms. The number of fused-ring (bicyclic) bond motifs is 1. The van der Waals surface area contributed by atoms with E-state index < -0.39 is 0 Å². The van der Waals surface area contributed by atoms with Crippen LogP contribution in [0.2, 0.25) is 0 Å². The van der Waals surface area contributed by atoms with Crippen molar-refractivity contribution < 1.29 is 9.53 Å². The summed E-state index contributed by atoms with van der Waals surface area (Å²) in [7, 11) is 0. The van der Waals surface area contributed by atoms with Crippen molar-refractivity contribution in [2.75, 3.05) is 29.9 Å². The lowest BCUT2D eigenvalue weighted by atomic mass is 10.0. The summed E-state index contributed by atoms with van der Waals surface area (Å²) < 4.78 is 5.72. The fraction of sp³-hybridized carbons (Fsp3) is 0.381. The van der Waals surface area contributed by atoms with E-state index in [0.29, 0.717) is 19.1 Å². The maximum atomic E-state index is 12.5. The number of amides is 1. The standard InChI is InChI=1S/C21H26N2O2/c1-16(2)15-25-19-10-5-9-18(13-19)22-21(24)14-23-12-6-8-17-7-3-4-11-20(17)23/h3-5,7,9-11,13,16H,6,8,12,14-15H2,1-2H3,(H,22,24). The second-order valence-electron chi connectivity index (χ2n) is 6.93. The molecule has 2 aromatic carbocycles. The molecule has 0 atom stereocenters. The highest BCUT2D eigenvalue weighted by Gasteiger charge is 2.18. The van der Waals surface area contributed by atoms with E-state index in [1.54, 1.807) is 0 Å². The number of rotatable bonds is 6. The van der Waals surface area contributed by atoms with E-state index in [1.165, 1.54) is 11.3 Å². The molecule has 132 valence electrons. The molecule has 0 aliphatic carbocycles. The Hall–Kier alpha value is -2.49. The second-order valence-corrected chi connectivity index (χ2v) is 6.93. The monoisotopic (exact) mass is 338 g/mol. The molecule has 25 heavy (non-hydrogen) atoms. The first kappa shape index (κ1) is 17.3.